The highest BCUT2D eigenvalue weighted by molar-refractivity contribution is 7.15. The molecule has 5 heteroatoms. The molecule has 1 unspecified atom stereocenters. The Bertz CT molecular complexity index is 570. The first kappa shape index (κ1) is 12.5. The number of nitriles is 1. The van der Waals surface area contributed by atoms with Gasteiger partial charge in [0.1, 0.15) is 5.01 Å². The van der Waals surface area contributed by atoms with Crippen molar-refractivity contribution in [3.8, 4) is 6.07 Å². The van der Waals surface area contributed by atoms with Crippen molar-refractivity contribution in [2.24, 2.45) is 0 Å². The lowest BCUT2D eigenvalue weighted by molar-refractivity contribution is 0.869. The van der Waals surface area contributed by atoms with E-state index >= 15 is 0 Å². The zero-order chi connectivity index (χ0) is 13.0. The average Bonchev–Trinajstić information content (AvgIpc) is 2.86. The van der Waals surface area contributed by atoms with Gasteiger partial charge in [-0.25, -0.2) is 0 Å². The summed E-state index contributed by atoms with van der Waals surface area (Å²) in [6.45, 7) is 4.10. The third-order valence-electron chi connectivity index (χ3n) is 2.63. The average molecular weight is 258 g/mol. The number of hydrogen-bond donors (Lipinski definition) is 1. The van der Waals surface area contributed by atoms with E-state index in [1.54, 1.807) is 17.4 Å². The van der Waals surface area contributed by atoms with E-state index in [0.29, 0.717) is 5.56 Å². The van der Waals surface area contributed by atoms with Gasteiger partial charge in [-0.1, -0.05) is 30.4 Å². The number of nitrogens with zero attached hydrogens (tertiary/aromatic N) is 3. The van der Waals surface area contributed by atoms with Crippen molar-refractivity contribution in [3.63, 3.8) is 0 Å². The summed E-state index contributed by atoms with van der Waals surface area (Å²) >= 11 is 1.57. The first-order valence-electron chi connectivity index (χ1n) is 5.82. The van der Waals surface area contributed by atoms with Crippen LogP contribution in [0.4, 0.5) is 5.13 Å². The largest absolute Gasteiger partial charge is 0.354 e. The van der Waals surface area contributed by atoms with E-state index in [1.807, 2.05) is 25.1 Å². The van der Waals surface area contributed by atoms with Gasteiger partial charge in [0, 0.05) is 0 Å². The van der Waals surface area contributed by atoms with Crippen LogP contribution in [0.5, 0.6) is 0 Å². The second-order valence-electron chi connectivity index (χ2n) is 3.96. The maximum atomic E-state index is 8.88. The number of anilines is 1. The van der Waals surface area contributed by atoms with Crippen LogP contribution in [0.25, 0.3) is 0 Å². The molecule has 0 fully saturated rings. The molecule has 0 aliphatic carbocycles. The number of hydrogen-bond acceptors (Lipinski definition) is 5. The van der Waals surface area contributed by atoms with E-state index in [-0.39, 0.29) is 6.04 Å². The fraction of sp³-hybridized carbons (Fsp3) is 0.308. The number of rotatable bonds is 4. The van der Waals surface area contributed by atoms with Crippen molar-refractivity contribution in [3.05, 3.63) is 40.4 Å². The molecule has 0 aliphatic heterocycles. The van der Waals surface area contributed by atoms with Crippen molar-refractivity contribution in [1.82, 2.24) is 10.2 Å². The van der Waals surface area contributed by atoms with Crippen molar-refractivity contribution in [2.45, 2.75) is 26.3 Å². The SMILES string of the molecule is CCc1nnc(NC(C)c2cccc(C#N)c2)s1. The molecule has 0 saturated carbocycles. The molecule has 0 spiro atoms. The fourth-order valence-electron chi connectivity index (χ4n) is 1.60. The normalized spacial score (nSPS) is 11.8. The van der Waals surface area contributed by atoms with Gasteiger partial charge in [0.25, 0.3) is 0 Å². The van der Waals surface area contributed by atoms with E-state index in [9.17, 15) is 0 Å². The van der Waals surface area contributed by atoms with Crippen LogP contribution < -0.4 is 5.32 Å². The third-order valence-corrected chi connectivity index (χ3v) is 3.62. The van der Waals surface area contributed by atoms with Gasteiger partial charge in [0.2, 0.25) is 5.13 Å². The van der Waals surface area contributed by atoms with Gasteiger partial charge in [0.05, 0.1) is 17.7 Å². The maximum Gasteiger partial charge on any atom is 0.206 e. The molecule has 0 amide bonds. The number of benzene rings is 1. The van der Waals surface area contributed by atoms with Crippen molar-refractivity contribution >= 4 is 16.5 Å². The first-order valence-corrected chi connectivity index (χ1v) is 6.63. The summed E-state index contributed by atoms with van der Waals surface area (Å²) in [5.74, 6) is 0. The predicted molar refractivity (Wildman–Crippen MR) is 72.5 cm³/mol. The molecule has 2 aromatic rings. The number of aromatic nitrogens is 2. The Morgan fingerprint density at radius 2 is 2.28 bits per heavy atom. The lowest BCUT2D eigenvalue weighted by Gasteiger charge is -2.12. The second-order valence-corrected chi connectivity index (χ2v) is 5.02. The predicted octanol–water partition coefficient (Wildman–Crippen LogP) is 3.15. The summed E-state index contributed by atoms with van der Waals surface area (Å²) in [4.78, 5) is 0. The molecule has 2 rings (SSSR count). The van der Waals surface area contributed by atoms with Gasteiger partial charge >= 0.3 is 0 Å². The molecule has 4 nitrogen and oxygen atoms in total. The first-order chi connectivity index (χ1) is 8.72. The summed E-state index contributed by atoms with van der Waals surface area (Å²) in [5.41, 5.74) is 1.75. The Hall–Kier alpha value is -1.93. The maximum absolute atomic E-state index is 8.88. The van der Waals surface area contributed by atoms with E-state index in [4.69, 9.17) is 5.26 Å². The van der Waals surface area contributed by atoms with Crippen LogP contribution in [0.15, 0.2) is 24.3 Å². The lowest BCUT2D eigenvalue weighted by atomic mass is 10.1. The lowest BCUT2D eigenvalue weighted by Crippen LogP contribution is -2.06. The minimum Gasteiger partial charge on any atom is -0.354 e. The molecule has 0 bridgehead atoms. The monoisotopic (exact) mass is 258 g/mol. The third kappa shape index (κ3) is 2.84. The van der Waals surface area contributed by atoms with Gasteiger partial charge in [-0.05, 0) is 31.0 Å². The number of aryl methyl sites for hydroxylation is 1. The summed E-state index contributed by atoms with van der Waals surface area (Å²) in [7, 11) is 0. The highest BCUT2D eigenvalue weighted by Gasteiger charge is 2.09. The molecule has 1 N–H and O–H groups in total. The summed E-state index contributed by atoms with van der Waals surface area (Å²) in [6.07, 6.45) is 0.900. The molecule has 1 atom stereocenters. The van der Waals surface area contributed by atoms with Crippen molar-refractivity contribution < 1.29 is 0 Å². The van der Waals surface area contributed by atoms with Gasteiger partial charge < -0.3 is 5.32 Å². The highest BCUT2D eigenvalue weighted by Crippen LogP contribution is 2.22. The molecular weight excluding hydrogens is 244 g/mol. The summed E-state index contributed by atoms with van der Waals surface area (Å²) < 4.78 is 0. The molecule has 92 valence electrons. The molecular formula is C13H14N4S. The van der Waals surface area contributed by atoms with Crippen molar-refractivity contribution in [2.75, 3.05) is 5.32 Å². The van der Waals surface area contributed by atoms with E-state index < -0.39 is 0 Å². The van der Waals surface area contributed by atoms with E-state index in [1.165, 1.54) is 0 Å². The second kappa shape index (κ2) is 5.61. The topological polar surface area (TPSA) is 61.6 Å². The highest BCUT2D eigenvalue weighted by atomic mass is 32.1. The molecule has 1 aromatic carbocycles. The van der Waals surface area contributed by atoms with Gasteiger partial charge in [-0.2, -0.15) is 5.26 Å². The molecule has 0 saturated heterocycles. The van der Waals surface area contributed by atoms with E-state index in [2.05, 4.69) is 28.5 Å². The molecule has 0 radical (unpaired) electrons. The van der Waals surface area contributed by atoms with Crippen LogP contribution in [-0.2, 0) is 6.42 Å². The zero-order valence-corrected chi connectivity index (χ0v) is 11.2. The van der Waals surface area contributed by atoms with Crippen LogP contribution in [0.2, 0.25) is 0 Å². The van der Waals surface area contributed by atoms with Crippen LogP contribution in [-0.4, -0.2) is 10.2 Å². The Labute approximate surface area is 110 Å². The van der Waals surface area contributed by atoms with Crippen molar-refractivity contribution in [1.29, 1.82) is 5.26 Å². The zero-order valence-electron chi connectivity index (χ0n) is 10.3. The van der Waals surface area contributed by atoms with Gasteiger partial charge in [-0.3, -0.25) is 0 Å². The molecule has 1 heterocycles. The Balaban J connectivity index is 2.11. The van der Waals surface area contributed by atoms with Crippen LogP contribution >= 0.6 is 11.3 Å². The minimum atomic E-state index is 0.107. The quantitative estimate of drug-likeness (QED) is 0.915. The smallest absolute Gasteiger partial charge is 0.206 e. The number of nitrogens with one attached hydrogen (secondary N) is 1. The van der Waals surface area contributed by atoms with Crippen LogP contribution in [0.3, 0.4) is 0 Å². The van der Waals surface area contributed by atoms with Gasteiger partial charge in [-0.15, -0.1) is 10.2 Å². The Morgan fingerprint density at radius 3 is 2.94 bits per heavy atom. The minimum absolute atomic E-state index is 0.107. The molecule has 18 heavy (non-hydrogen) atoms. The van der Waals surface area contributed by atoms with E-state index in [0.717, 1.165) is 22.1 Å². The van der Waals surface area contributed by atoms with Gasteiger partial charge in [0.15, 0.2) is 0 Å². The van der Waals surface area contributed by atoms with Crippen LogP contribution in [0.1, 0.15) is 36.0 Å². The summed E-state index contributed by atoms with van der Waals surface area (Å²) in [6, 6.07) is 9.84. The Kier molecular flexibility index (Phi) is 3.90. The Morgan fingerprint density at radius 1 is 1.44 bits per heavy atom. The molecule has 0 aliphatic rings. The van der Waals surface area contributed by atoms with Crippen LogP contribution in [0, 0.1) is 11.3 Å². The molecule has 1 aromatic heterocycles. The fourth-order valence-corrected chi connectivity index (χ4v) is 2.37. The standard InChI is InChI=1S/C13H14N4S/c1-3-12-16-17-13(18-12)15-9(2)11-6-4-5-10(7-11)8-14/h4-7,9H,3H2,1-2H3,(H,15,17). The summed E-state index contributed by atoms with van der Waals surface area (Å²) in [5, 5.41) is 22.2.